The Labute approximate surface area is 521 Å². The number of aryl methyl sites for hydroxylation is 6. The third-order valence-corrected chi connectivity index (χ3v) is 15.9. The second-order valence-corrected chi connectivity index (χ2v) is 22.1. The molecule has 0 atom stereocenters. The van der Waals surface area contributed by atoms with E-state index in [9.17, 15) is 15.3 Å². The zero-order chi connectivity index (χ0) is 59.9. The number of pyridine rings is 6. The van der Waals surface area contributed by atoms with E-state index in [1.165, 1.54) is 0 Å². The van der Waals surface area contributed by atoms with E-state index in [0.29, 0.717) is 0 Å². The van der Waals surface area contributed by atoms with Gasteiger partial charge in [-0.15, -0.1) is 17.2 Å². The van der Waals surface area contributed by atoms with Crippen molar-refractivity contribution >= 4 is 82.8 Å². The number of fused-ring (bicyclic) bond motifs is 6. The number of hydrogen-bond acceptors (Lipinski definition) is 9. The van der Waals surface area contributed by atoms with Gasteiger partial charge in [-0.25, -0.2) is 0 Å². The van der Waals surface area contributed by atoms with Gasteiger partial charge in [0.15, 0.2) is 0 Å². The van der Waals surface area contributed by atoms with Crippen LogP contribution in [0, 0.1) is 41.5 Å². The summed E-state index contributed by atoms with van der Waals surface area (Å²) in [7, 11) is 0. The normalized spacial score (nSPS) is 11.1. The van der Waals surface area contributed by atoms with Crippen molar-refractivity contribution in [3.05, 3.63) is 271 Å². The summed E-state index contributed by atoms with van der Waals surface area (Å²) in [5, 5.41) is 43.4. The monoisotopic (exact) mass is 1150 g/mol. The van der Waals surface area contributed by atoms with E-state index in [1.54, 1.807) is 36.4 Å². The standard InChI is InChI=1S/3C26H20N2O.Al/c3*1-16-9-11-18-5-3-7-22(25(18)27-16)21-14-13-20(29)15-24(21)23-8-4-6-19-12-10-17(2)28-26(19)23;/h3*3-15,29H,1-2H3;/q;;;+3/p-3. The molecule has 88 heavy (non-hydrogen) atoms. The van der Waals surface area contributed by atoms with Crippen LogP contribution in [0.4, 0.5) is 0 Å². The second-order valence-electron chi connectivity index (χ2n) is 22.1. The van der Waals surface area contributed by atoms with Crippen LogP contribution in [-0.4, -0.2) is 47.3 Å². The summed E-state index contributed by atoms with van der Waals surface area (Å²) >= 11 is 0. The van der Waals surface area contributed by atoms with Gasteiger partial charge in [0.25, 0.3) is 0 Å². The van der Waals surface area contributed by atoms with Gasteiger partial charge in [0.05, 0.1) is 33.1 Å². The average molecular weight is 1150 g/mol. The molecule has 0 amide bonds. The summed E-state index contributed by atoms with van der Waals surface area (Å²) in [4.78, 5) is 28.7. The average Bonchev–Trinajstić information content (AvgIpc) is 1.43. The summed E-state index contributed by atoms with van der Waals surface area (Å²) in [6, 6.07) is 77.1. The molecule has 15 rings (SSSR count). The van der Waals surface area contributed by atoms with Crippen LogP contribution in [0.2, 0.25) is 0 Å². The van der Waals surface area contributed by atoms with E-state index in [2.05, 4.69) is 91.0 Å². The van der Waals surface area contributed by atoms with E-state index in [1.807, 2.05) is 151 Å². The molecule has 6 aromatic heterocycles. The Morgan fingerprint density at radius 2 is 0.375 bits per heavy atom. The van der Waals surface area contributed by atoms with Crippen molar-refractivity contribution in [2.45, 2.75) is 41.5 Å². The molecule has 0 spiro atoms. The Bertz CT molecular complexity index is 4690. The van der Waals surface area contributed by atoms with Crippen LogP contribution in [-0.2, 0) is 0 Å². The minimum Gasteiger partial charge on any atom is -0.872 e. The Balaban J connectivity index is 0.000000128. The van der Waals surface area contributed by atoms with Gasteiger partial charge in [0.2, 0.25) is 0 Å². The molecule has 15 aromatic rings. The zero-order valence-corrected chi connectivity index (χ0v) is 50.7. The van der Waals surface area contributed by atoms with Crippen molar-refractivity contribution in [1.82, 2.24) is 29.9 Å². The summed E-state index contributed by atoms with van der Waals surface area (Å²) in [5.41, 5.74) is 22.9. The maximum Gasteiger partial charge on any atom is 3.00 e. The molecule has 0 radical (unpaired) electrons. The Kier molecular flexibility index (Phi) is 16.0. The van der Waals surface area contributed by atoms with Crippen LogP contribution in [0.25, 0.3) is 132 Å². The predicted octanol–water partition coefficient (Wildman–Crippen LogP) is 17.0. The molecule has 0 aliphatic heterocycles. The fourth-order valence-corrected chi connectivity index (χ4v) is 11.7. The number of para-hydroxylation sites is 6. The summed E-state index contributed by atoms with van der Waals surface area (Å²) in [5.74, 6) is -0.0478. The van der Waals surface area contributed by atoms with E-state index in [4.69, 9.17) is 29.9 Å². The number of nitrogens with zero attached hydrogens (tertiary/aromatic N) is 6. The molecule has 0 aliphatic rings. The number of benzene rings is 9. The van der Waals surface area contributed by atoms with Crippen LogP contribution in [0.3, 0.4) is 0 Å². The Hall–Kier alpha value is -10.6. The largest absolute Gasteiger partial charge is 3.00 e. The minimum absolute atomic E-state index is 0. The molecule has 9 nitrogen and oxygen atoms in total. The molecular weight excluding hydrogens is 1100 g/mol. The van der Waals surface area contributed by atoms with Crippen molar-refractivity contribution in [3.8, 4) is 84.0 Å². The first kappa shape index (κ1) is 57.8. The van der Waals surface area contributed by atoms with Crippen molar-refractivity contribution in [2.24, 2.45) is 0 Å². The zero-order valence-electron chi connectivity index (χ0n) is 49.5. The molecule has 0 saturated heterocycles. The molecule has 9 aromatic carbocycles. The molecule has 0 fully saturated rings. The Morgan fingerprint density at radius 3 is 0.568 bits per heavy atom. The van der Waals surface area contributed by atoms with E-state index >= 15 is 0 Å². The molecule has 10 heteroatoms. The quantitative estimate of drug-likeness (QED) is 0.148. The molecule has 0 saturated carbocycles. The van der Waals surface area contributed by atoms with Crippen LogP contribution >= 0.6 is 0 Å². The van der Waals surface area contributed by atoms with Gasteiger partial charge in [0.1, 0.15) is 0 Å². The smallest absolute Gasteiger partial charge is 0.872 e. The van der Waals surface area contributed by atoms with E-state index in [-0.39, 0.29) is 34.6 Å². The van der Waals surface area contributed by atoms with Crippen LogP contribution in [0.15, 0.2) is 237 Å². The summed E-state index contributed by atoms with van der Waals surface area (Å²) in [6.07, 6.45) is 0. The van der Waals surface area contributed by atoms with Gasteiger partial charge in [-0.3, -0.25) is 29.9 Å². The molecule has 0 aliphatic carbocycles. The first-order chi connectivity index (χ1) is 42.3. The van der Waals surface area contributed by atoms with Crippen molar-refractivity contribution in [1.29, 1.82) is 0 Å². The van der Waals surface area contributed by atoms with Gasteiger partial charge in [-0.1, -0.05) is 200 Å². The molecule has 420 valence electrons. The molecule has 0 unspecified atom stereocenters. The number of hydrogen-bond donors (Lipinski definition) is 0. The maximum absolute atomic E-state index is 12.3. The van der Waals surface area contributed by atoms with E-state index < -0.39 is 0 Å². The first-order valence-corrected chi connectivity index (χ1v) is 28.9. The first-order valence-electron chi connectivity index (χ1n) is 28.9. The second kappa shape index (κ2) is 24.4. The van der Waals surface area contributed by atoms with Crippen molar-refractivity contribution in [2.75, 3.05) is 0 Å². The van der Waals surface area contributed by atoms with Crippen molar-refractivity contribution < 1.29 is 15.3 Å². The third-order valence-electron chi connectivity index (χ3n) is 15.9. The third kappa shape index (κ3) is 11.5. The van der Waals surface area contributed by atoms with Crippen LogP contribution in [0.1, 0.15) is 34.2 Å². The number of rotatable bonds is 6. The topological polar surface area (TPSA) is 147 Å². The SMILES string of the molecule is Cc1ccc2cccc(-c3ccc([O-])cc3-c3cccc4ccc(C)nc34)c2n1.Cc1ccc2cccc(-c3ccc([O-])cc3-c3cccc4ccc(C)nc34)c2n1.Cc1ccc2cccc(-c3ccc([O-])cc3-c3cccc4ccc(C)nc34)c2n1.[Al+3]. The van der Waals surface area contributed by atoms with Gasteiger partial charge < -0.3 is 15.3 Å². The maximum atomic E-state index is 12.3. The van der Waals surface area contributed by atoms with Crippen LogP contribution in [0.5, 0.6) is 17.2 Å². The Morgan fingerprint density at radius 1 is 0.193 bits per heavy atom. The molecule has 0 N–H and O–H groups in total. The molecule has 6 heterocycles. The van der Waals surface area contributed by atoms with Gasteiger partial charge in [-0.2, -0.15) is 0 Å². The van der Waals surface area contributed by atoms with E-state index in [0.717, 1.165) is 166 Å². The van der Waals surface area contributed by atoms with Crippen LogP contribution < -0.4 is 15.3 Å². The molecular formula is C78H57AlN6O3. The summed E-state index contributed by atoms with van der Waals surface area (Å²) in [6.45, 7) is 11.9. The fourth-order valence-electron chi connectivity index (χ4n) is 11.7. The van der Waals surface area contributed by atoms with Gasteiger partial charge >= 0.3 is 17.4 Å². The fraction of sp³-hybridized carbons (Fsp3) is 0.0769. The number of aromatic nitrogens is 6. The van der Waals surface area contributed by atoms with Gasteiger partial charge in [-0.05, 0) is 111 Å². The van der Waals surface area contributed by atoms with Crippen molar-refractivity contribution in [3.63, 3.8) is 0 Å². The predicted molar refractivity (Wildman–Crippen MR) is 356 cm³/mol. The minimum atomic E-state index is -0.0159. The summed E-state index contributed by atoms with van der Waals surface area (Å²) < 4.78 is 0. The molecule has 0 bridgehead atoms. The van der Waals surface area contributed by atoms with Gasteiger partial charge in [0, 0.05) is 99.9 Å².